The van der Waals surface area contributed by atoms with Crippen LogP contribution in [-0.4, -0.2) is 16.9 Å². The van der Waals surface area contributed by atoms with Gasteiger partial charge in [-0.2, -0.15) is 0 Å². The van der Waals surface area contributed by atoms with Crippen molar-refractivity contribution in [1.29, 1.82) is 0 Å². The summed E-state index contributed by atoms with van der Waals surface area (Å²) in [6.45, 7) is 1.70. The maximum absolute atomic E-state index is 11.9. The number of rotatable bonds is 3. The molecule has 0 aromatic heterocycles. The van der Waals surface area contributed by atoms with E-state index in [0.717, 1.165) is 5.56 Å². The SMILES string of the molecule is CC(C(=O)O)C1CCC(=O)C1c1ccccc1. The van der Waals surface area contributed by atoms with E-state index in [4.69, 9.17) is 5.11 Å². The van der Waals surface area contributed by atoms with Gasteiger partial charge in [0, 0.05) is 12.3 Å². The lowest BCUT2D eigenvalue weighted by molar-refractivity contribution is -0.143. The Morgan fingerprint density at radius 2 is 2.00 bits per heavy atom. The Hall–Kier alpha value is -1.64. The van der Waals surface area contributed by atoms with E-state index in [1.807, 2.05) is 30.3 Å². The predicted octanol–water partition coefficient (Wildman–Crippen LogP) is 2.47. The van der Waals surface area contributed by atoms with Gasteiger partial charge in [-0.05, 0) is 17.9 Å². The molecule has 3 unspecified atom stereocenters. The van der Waals surface area contributed by atoms with Crippen molar-refractivity contribution in [2.75, 3.05) is 0 Å². The molecule has 2 rings (SSSR count). The molecule has 3 atom stereocenters. The highest BCUT2D eigenvalue weighted by Crippen LogP contribution is 2.41. The first-order chi connectivity index (χ1) is 8.11. The first-order valence-corrected chi connectivity index (χ1v) is 5.91. The van der Waals surface area contributed by atoms with E-state index < -0.39 is 11.9 Å². The van der Waals surface area contributed by atoms with E-state index in [1.54, 1.807) is 6.92 Å². The van der Waals surface area contributed by atoms with Crippen LogP contribution in [0.1, 0.15) is 31.2 Å². The van der Waals surface area contributed by atoms with E-state index in [-0.39, 0.29) is 17.6 Å². The summed E-state index contributed by atoms with van der Waals surface area (Å²) in [6.07, 6.45) is 1.19. The van der Waals surface area contributed by atoms with Crippen LogP contribution in [0, 0.1) is 11.8 Å². The van der Waals surface area contributed by atoms with E-state index in [1.165, 1.54) is 0 Å². The van der Waals surface area contributed by atoms with Gasteiger partial charge in [-0.15, -0.1) is 0 Å². The van der Waals surface area contributed by atoms with Gasteiger partial charge >= 0.3 is 5.97 Å². The molecule has 1 aromatic carbocycles. The molecule has 0 saturated heterocycles. The molecule has 90 valence electrons. The molecule has 0 heterocycles. The standard InChI is InChI=1S/C14H16O3/c1-9(14(16)17)11-7-8-12(15)13(11)10-5-3-2-4-6-10/h2-6,9,11,13H,7-8H2,1H3,(H,16,17). The van der Waals surface area contributed by atoms with E-state index in [2.05, 4.69) is 0 Å². The summed E-state index contributed by atoms with van der Waals surface area (Å²) < 4.78 is 0. The Kier molecular flexibility index (Phi) is 3.27. The van der Waals surface area contributed by atoms with Crippen LogP contribution < -0.4 is 0 Å². The Balaban J connectivity index is 2.29. The van der Waals surface area contributed by atoms with Crippen molar-refractivity contribution in [2.24, 2.45) is 11.8 Å². The van der Waals surface area contributed by atoms with Crippen molar-refractivity contribution >= 4 is 11.8 Å². The molecule has 1 N–H and O–H groups in total. The van der Waals surface area contributed by atoms with Crippen molar-refractivity contribution in [3.63, 3.8) is 0 Å². The number of hydrogen-bond acceptors (Lipinski definition) is 2. The van der Waals surface area contributed by atoms with Crippen LogP contribution in [0.4, 0.5) is 0 Å². The normalized spacial score (nSPS) is 25.8. The molecule has 0 aliphatic heterocycles. The summed E-state index contributed by atoms with van der Waals surface area (Å²) in [5.41, 5.74) is 0.952. The largest absolute Gasteiger partial charge is 0.481 e. The zero-order valence-corrected chi connectivity index (χ0v) is 9.80. The van der Waals surface area contributed by atoms with Crippen LogP contribution in [0.25, 0.3) is 0 Å². The monoisotopic (exact) mass is 232 g/mol. The minimum Gasteiger partial charge on any atom is -0.481 e. The summed E-state index contributed by atoms with van der Waals surface area (Å²) in [5, 5.41) is 9.08. The Morgan fingerprint density at radius 1 is 1.35 bits per heavy atom. The number of Topliss-reactive ketones (excluding diaryl/α,β-unsaturated/α-hetero) is 1. The Bertz CT molecular complexity index is 424. The topological polar surface area (TPSA) is 54.4 Å². The molecule has 1 aliphatic rings. The fourth-order valence-corrected chi connectivity index (χ4v) is 2.69. The summed E-state index contributed by atoms with van der Waals surface area (Å²) >= 11 is 0. The molecule has 1 fully saturated rings. The summed E-state index contributed by atoms with van der Waals surface area (Å²) in [6, 6.07) is 9.51. The number of benzene rings is 1. The molecule has 1 saturated carbocycles. The smallest absolute Gasteiger partial charge is 0.306 e. The zero-order chi connectivity index (χ0) is 12.4. The summed E-state index contributed by atoms with van der Waals surface area (Å²) in [5.74, 6) is -1.41. The Morgan fingerprint density at radius 3 is 2.59 bits per heavy atom. The molecule has 3 nitrogen and oxygen atoms in total. The number of ketones is 1. The second-order valence-electron chi connectivity index (χ2n) is 4.68. The third kappa shape index (κ3) is 2.23. The van der Waals surface area contributed by atoms with Crippen LogP contribution in [-0.2, 0) is 9.59 Å². The number of carboxylic acids is 1. The number of carbonyl (C=O) groups is 2. The maximum atomic E-state index is 11.9. The first-order valence-electron chi connectivity index (χ1n) is 5.91. The number of carboxylic acid groups (broad SMARTS) is 1. The van der Waals surface area contributed by atoms with Crippen molar-refractivity contribution < 1.29 is 14.7 Å². The fraction of sp³-hybridized carbons (Fsp3) is 0.429. The molecule has 0 amide bonds. The van der Waals surface area contributed by atoms with Crippen LogP contribution >= 0.6 is 0 Å². The average molecular weight is 232 g/mol. The molecule has 1 aromatic rings. The minimum absolute atomic E-state index is 0.0672. The Labute approximate surface area is 100 Å². The van der Waals surface area contributed by atoms with E-state index in [0.29, 0.717) is 12.8 Å². The van der Waals surface area contributed by atoms with Crippen LogP contribution in [0.3, 0.4) is 0 Å². The van der Waals surface area contributed by atoms with Crippen molar-refractivity contribution in [3.8, 4) is 0 Å². The lowest BCUT2D eigenvalue weighted by atomic mass is 9.81. The van der Waals surface area contributed by atoms with Gasteiger partial charge in [-0.1, -0.05) is 37.3 Å². The molecule has 0 spiro atoms. The highest BCUT2D eigenvalue weighted by molar-refractivity contribution is 5.89. The maximum Gasteiger partial charge on any atom is 0.306 e. The minimum atomic E-state index is -0.814. The molecule has 1 aliphatic carbocycles. The van der Waals surface area contributed by atoms with Gasteiger partial charge in [0.25, 0.3) is 0 Å². The van der Waals surface area contributed by atoms with Gasteiger partial charge in [0.05, 0.1) is 5.92 Å². The van der Waals surface area contributed by atoms with Crippen molar-refractivity contribution in [1.82, 2.24) is 0 Å². The highest BCUT2D eigenvalue weighted by atomic mass is 16.4. The van der Waals surface area contributed by atoms with Gasteiger partial charge in [-0.3, -0.25) is 9.59 Å². The van der Waals surface area contributed by atoms with Gasteiger partial charge < -0.3 is 5.11 Å². The zero-order valence-electron chi connectivity index (χ0n) is 9.80. The van der Waals surface area contributed by atoms with Gasteiger partial charge in [0.2, 0.25) is 0 Å². The van der Waals surface area contributed by atoms with Crippen LogP contribution in [0.5, 0.6) is 0 Å². The van der Waals surface area contributed by atoms with Crippen LogP contribution in [0.15, 0.2) is 30.3 Å². The molecule has 0 bridgehead atoms. The third-order valence-corrected chi connectivity index (χ3v) is 3.69. The van der Waals surface area contributed by atoms with Crippen molar-refractivity contribution in [2.45, 2.75) is 25.7 Å². The van der Waals surface area contributed by atoms with E-state index in [9.17, 15) is 9.59 Å². The third-order valence-electron chi connectivity index (χ3n) is 3.69. The molecular weight excluding hydrogens is 216 g/mol. The van der Waals surface area contributed by atoms with Gasteiger partial charge in [0.1, 0.15) is 5.78 Å². The lowest BCUT2D eigenvalue weighted by Crippen LogP contribution is -2.24. The summed E-state index contributed by atoms with van der Waals surface area (Å²) in [7, 11) is 0. The van der Waals surface area contributed by atoms with Gasteiger partial charge in [0.15, 0.2) is 0 Å². The highest BCUT2D eigenvalue weighted by Gasteiger charge is 2.40. The second kappa shape index (κ2) is 4.70. The van der Waals surface area contributed by atoms with Crippen molar-refractivity contribution in [3.05, 3.63) is 35.9 Å². The molecule has 17 heavy (non-hydrogen) atoms. The number of aliphatic carboxylic acids is 1. The fourth-order valence-electron chi connectivity index (χ4n) is 2.69. The van der Waals surface area contributed by atoms with Crippen LogP contribution in [0.2, 0.25) is 0 Å². The predicted molar refractivity (Wildman–Crippen MR) is 63.7 cm³/mol. The first kappa shape index (κ1) is 11.8. The number of carbonyl (C=O) groups excluding carboxylic acids is 1. The quantitative estimate of drug-likeness (QED) is 0.871. The second-order valence-corrected chi connectivity index (χ2v) is 4.68. The van der Waals surface area contributed by atoms with Gasteiger partial charge in [-0.25, -0.2) is 0 Å². The van der Waals surface area contributed by atoms with E-state index >= 15 is 0 Å². The summed E-state index contributed by atoms with van der Waals surface area (Å²) in [4.78, 5) is 23.0. The molecular formula is C14H16O3. The molecule has 0 radical (unpaired) electrons. The lowest BCUT2D eigenvalue weighted by Gasteiger charge is -2.22. The number of hydrogen-bond donors (Lipinski definition) is 1. The molecule has 3 heteroatoms. The average Bonchev–Trinajstić information content (AvgIpc) is 2.71.